The highest BCUT2D eigenvalue weighted by molar-refractivity contribution is 9.10. The summed E-state index contributed by atoms with van der Waals surface area (Å²) < 4.78 is 2.53. The summed E-state index contributed by atoms with van der Waals surface area (Å²) in [6.07, 6.45) is 4.67. The van der Waals surface area contributed by atoms with Crippen molar-refractivity contribution in [2.75, 3.05) is 5.73 Å². The molecule has 0 aromatic carbocycles. The van der Waals surface area contributed by atoms with Crippen molar-refractivity contribution in [3.63, 3.8) is 0 Å². The number of nitrogen functional groups attached to an aromatic ring is 1. The predicted molar refractivity (Wildman–Crippen MR) is 74.4 cm³/mol. The van der Waals surface area contributed by atoms with Crippen LogP contribution in [0.1, 0.15) is 25.7 Å². The van der Waals surface area contributed by atoms with Gasteiger partial charge in [0.15, 0.2) is 5.65 Å². The Morgan fingerprint density at radius 3 is 2.84 bits per heavy atom. The summed E-state index contributed by atoms with van der Waals surface area (Å²) in [5.41, 5.74) is 6.59. The number of carbonyl (C=O) groups is 1. The normalized spacial score (nSPS) is 17.2. The van der Waals surface area contributed by atoms with Crippen molar-refractivity contribution in [3.05, 3.63) is 10.9 Å². The number of hydrogen-bond donors (Lipinski definition) is 1. The second-order valence-electron chi connectivity index (χ2n) is 4.91. The minimum Gasteiger partial charge on any atom is -0.383 e. The third-order valence-corrected chi connectivity index (χ3v) is 4.16. The van der Waals surface area contributed by atoms with Crippen LogP contribution in [0.3, 0.4) is 0 Å². The highest BCUT2D eigenvalue weighted by Crippen LogP contribution is 2.28. The standard InChI is InChI=1S/C12H14BrN5O/c13-10-9-11(14)15-6-16-12(9)18(17-10)5-7-1-3-8(19)4-2-7/h6-7H,1-5H2,(H2,14,15,16). The van der Waals surface area contributed by atoms with Crippen molar-refractivity contribution in [1.29, 1.82) is 0 Å². The minimum absolute atomic E-state index is 0.370. The van der Waals surface area contributed by atoms with E-state index in [1.165, 1.54) is 6.33 Å². The number of fused-ring (bicyclic) bond motifs is 1. The lowest BCUT2D eigenvalue weighted by Gasteiger charge is -2.20. The molecule has 1 fully saturated rings. The van der Waals surface area contributed by atoms with E-state index in [1.54, 1.807) is 0 Å². The number of hydrogen-bond acceptors (Lipinski definition) is 5. The second-order valence-corrected chi connectivity index (χ2v) is 5.66. The number of rotatable bonds is 2. The molecule has 2 heterocycles. The van der Waals surface area contributed by atoms with Gasteiger partial charge in [-0.1, -0.05) is 0 Å². The summed E-state index contributed by atoms with van der Waals surface area (Å²) in [5, 5.41) is 5.19. The van der Waals surface area contributed by atoms with Crippen LogP contribution in [0.4, 0.5) is 5.82 Å². The molecule has 2 aromatic rings. The number of ketones is 1. The zero-order valence-electron chi connectivity index (χ0n) is 10.3. The molecule has 0 bridgehead atoms. The first-order valence-electron chi connectivity index (χ1n) is 6.29. The maximum atomic E-state index is 11.3. The molecule has 19 heavy (non-hydrogen) atoms. The van der Waals surface area contributed by atoms with Crippen LogP contribution in [0.2, 0.25) is 0 Å². The molecule has 100 valence electrons. The molecule has 0 saturated heterocycles. The molecule has 7 heteroatoms. The molecule has 1 aliphatic carbocycles. The SMILES string of the molecule is Nc1ncnc2c1c(Br)nn2CC1CCC(=O)CC1. The number of carbonyl (C=O) groups excluding carboxylic acids is 1. The Morgan fingerprint density at radius 2 is 2.11 bits per heavy atom. The maximum Gasteiger partial charge on any atom is 0.164 e. The Kier molecular flexibility index (Phi) is 3.22. The molecule has 1 saturated carbocycles. The van der Waals surface area contributed by atoms with E-state index in [0.29, 0.717) is 35.0 Å². The van der Waals surface area contributed by atoms with E-state index < -0.39 is 0 Å². The molecular weight excluding hydrogens is 310 g/mol. The van der Waals surface area contributed by atoms with Crippen molar-refractivity contribution >= 4 is 38.6 Å². The van der Waals surface area contributed by atoms with E-state index in [4.69, 9.17) is 5.73 Å². The fourth-order valence-electron chi connectivity index (χ4n) is 2.54. The molecule has 0 aliphatic heterocycles. The highest BCUT2D eigenvalue weighted by Gasteiger charge is 2.21. The molecule has 0 unspecified atom stereocenters. The van der Waals surface area contributed by atoms with Gasteiger partial charge in [-0.3, -0.25) is 4.79 Å². The van der Waals surface area contributed by atoms with Crippen molar-refractivity contribution in [2.24, 2.45) is 5.92 Å². The van der Waals surface area contributed by atoms with E-state index in [1.807, 2.05) is 4.68 Å². The van der Waals surface area contributed by atoms with Crippen molar-refractivity contribution < 1.29 is 4.79 Å². The smallest absolute Gasteiger partial charge is 0.164 e. The molecule has 3 rings (SSSR count). The summed E-state index contributed by atoms with van der Waals surface area (Å²) >= 11 is 3.40. The monoisotopic (exact) mass is 323 g/mol. The number of nitrogens with zero attached hydrogens (tertiary/aromatic N) is 4. The molecule has 2 aromatic heterocycles. The molecule has 0 radical (unpaired) electrons. The first-order chi connectivity index (χ1) is 9.15. The zero-order valence-corrected chi connectivity index (χ0v) is 11.9. The predicted octanol–water partition coefficient (Wildman–Crippen LogP) is 1.93. The van der Waals surface area contributed by atoms with Crippen LogP contribution in [0.15, 0.2) is 10.9 Å². The molecule has 0 spiro atoms. The van der Waals surface area contributed by atoms with Crippen molar-refractivity contribution in [2.45, 2.75) is 32.2 Å². The first-order valence-corrected chi connectivity index (χ1v) is 7.08. The van der Waals surface area contributed by atoms with E-state index >= 15 is 0 Å². The van der Waals surface area contributed by atoms with Gasteiger partial charge < -0.3 is 5.73 Å². The van der Waals surface area contributed by atoms with Gasteiger partial charge >= 0.3 is 0 Å². The van der Waals surface area contributed by atoms with Crippen LogP contribution in [0.25, 0.3) is 11.0 Å². The first kappa shape index (κ1) is 12.5. The van der Waals surface area contributed by atoms with Crippen LogP contribution < -0.4 is 5.73 Å². The lowest BCUT2D eigenvalue weighted by atomic mass is 9.88. The number of anilines is 1. The molecule has 0 amide bonds. The quantitative estimate of drug-likeness (QED) is 0.912. The van der Waals surface area contributed by atoms with Crippen LogP contribution in [-0.4, -0.2) is 25.5 Å². The topological polar surface area (TPSA) is 86.7 Å². The van der Waals surface area contributed by atoms with E-state index in [2.05, 4.69) is 31.0 Å². The largest absolute Gasteiger partial charge is 0.383 e. The second kappa shape index (κ2) is 4.88. The summed E-state index contributed by atoms with van der Waals surface area (Å²) in [7, 11) is 0. The van der Waals surface area contributed by atoms with Gasteiger partial charge in [0.1, 0.15) is 22.5 Å². The molecule has 6 nitrogen and oxygen atoms in total. The van der Waals surface area contributed by atoms with Crippen molar-refractivity contribution in [3.8, 4) is 0 Å². The lowest BCUT2D eigenvalue weighted by Crippen LogP contribution is -2.19. The van der Waals surface area contributed by atoms with Crippen LogP contribution in [0, 0.1) is 5.92 Å². The average molecular weight is 324 g/mol. The summed E-state index contributed by atoms with van der Waals surface area (Å²) in [6.45, 7) is 0.770. The Balaban J connectivity index is 1.89. The van der Waals surface area contributed by atoms with Gasteiger partial charge in [0.05, 0.1) is 5.39 Å². The van der Waals surface area contributed by atoms with Gasteiger partial charge in [-0.15, -0.1) is 0 Å². The molecule has 0 atom stereocenters. The van der Waals surface area contributed by atoms with Gasteiger partial charge in [0.25, 0.3) is 0 Å². The Labute approximate surface area is 118 Å². The Bertz CT molecular complexity index is 628. The number of Topliss-reactive ketones (excluding diaryl/α,β-unsaturated/α-hetero) is 1. The minimum atomic E-state index is 0.370. The van der Waals surface area contributed by atoms with E-state index in [0.717, 1.165) is 30.4 Å². The lowest BCUT2D eigenvalue weighted by molar-refractivity contribution is -0.121. The fraction of sp³-hybridized carbons (Fsp3) is 0.500. The molecular formula is C12H14BrN5O. The van der Waals surface area contributed by atoms with Gasteiger partial charge in [0.2, 0.25) is 0 Å². The number of aromatic nitrogens is 4. The Morgan fingerprint density at radius 1 is 1.37 bits per heavy atom. The van der Waals surface area contributed by atoms with E-state index in [-0.39, 0.29) is 0 Å². The number of nitrogens with two attached hydrogens (primary N) is 1. The van der Waals surface area contributed by atoms with Gasteiger partial charge in [-0.05, 0) is 34.7 Å². The van der Waals surface area contributed by atoms with E-state index in [9.17, 15) is 4.79 Å². The highest BCUT2D eigenvalue weighted by atomic mass is 79.9. The van der Waals surface area contributed by atoms with Gasteiger partial charge in [-0.2, -0.15) is 5.10 Å². The maximum absolute atomic E-state index is 11.3. The average Bonchev–Trinajstić information content (AvgIpc) is 2.70. The molecule has 1 aliphatic rings. The fourth-order valence-corrected chi connectivity index (χ4v) is 3.11. The number of halogens is 1. The summed E-state index contributed by atoms with van der Waals surface area (Å²) in [6, 6.07) is 0. The van der Waals surface area contributed by atoms with Gasteiger partial charge in [-0.25, -0.2) is 14.6 Å². The van der Waals surface area contributed by atoms with Crippen LogP contribution >= 0.6 is 15.9 Å². The summed E-state index contributed by atoms with van der Waals surface area (Å²) in [4.78, 5) is 19.5. The van der Waals surface area contributed by atoms with Crippen LogP contribution in [-0.2, 0) is 11.3 Å². The Hall–Kier alpha value is -1.50. The zero-order chi connectivity index (χ0) is 13.4. The molecule has 2 N–H and O–H groups in total. The third-order valence-electron chi connectivity index (χ3n) is 3.61. The summed E-state index contributed by atoms with van der Waals surface area (Å²) in [5.74, 6) is 1.28. The van der Waals surface area contributed by atoms with Gasteiger partial charge in [0, 0.05) is 19.4 Å². The van der Waals surface area contributed by atoms with Crippen molar-refractivity contribution in [1.82, 2.24) is 19.7 Å². The van der Waals surface area contributed by atoms with Crippen LogP contribution in [0.5, 0.6) is 0 Å². The third kappa shape index (κ3) is 2.34.